The number of aromatic nitrogens is 3. The van der Waals surface area contributed by atoms with Gasteiger partial charge in [-0.15, -0.1) is 11.8 Å². The SMILES string of the molecule is N#CC(C(=O)Nc1ccncc1)C(=O)c1nn(-c2ccccc2)c2c1CSc1ccccc1-2. The van der Waals surface area contributed by atoms with Crippen molar-refractivity contribution >= 4 is 29.1 Å². The van der Waals surface area contributed by atoms with Crippen LogP contribution in [-0.4, -0.2) is 26.5 Å². The molecule has 1 aliphatic rings. The molecule has 1 N–H and O–H groups in total. The predicted octanol–water partition coefficient (Wildman–Crippen LogP) is 4.50. The molecule has 0 aliphatic carbocycles. The number of nitriles is 1. The highest BCUT2D eigenvalue weighted by atomic mass is 32.2. The van der Waals surface area contributed by atoms with Gasteiger partial charge in [0.15, 0.2) is 5.92 Å². The first-order valence-electron chi connectivity index (χ1n) is 10.2. The Balaban J connectivity index is 1.59. The molecular formula is C25H17N5O2S. The van der Waals surface area contributed by atoms with E-state index in [4.69, 9.17) is 0 Å². The molecule has 1 unspecified atom stereocenters. The van der Waals surface area contributed by atoms with Crippen molar-refractivity contribution in [2.75, 3.05) is 5.32 Å². The van der Waals surface area contributed by atoms with E-state index in [1.54, 1.807) is 28.6 Å². The van der Waals surface area contributed by atoms with E-state index in [0.29, 0.717) is 11.4 Å². The van der Waals surface area contributed by atoms with E-state index in [1.807, 2.05) is 60.7 Å². The third-order valence-electron chi connectivity index (χ3n) is 5.33. The normalized spacial score (nSPS) is 12.7. The van der Waals surface area contributed by atoms with E-state index in [9.17, 15) is 14.9 Å². The summed E-state index contributed by atoms with van der Waals surface area (Å²) in [7, 11) is 0. The second-order valence-electron chi connectivity index (χ2n) is 7.36. The van der Waals surface area contributed by atoms with Crippen LogP contribution in [0.25, 0.3) is 16.9 Å². The summed E-state index contributed by atoms with van der Waals surface area (Å²) in [5.74, 6) is -2.32. The van der Waals surface area contributed by atoms with Gasteiger partial charge in [0.1, 0.15) is 5.69 Å². The Morgan fingerprint density at radius 3 is 2.52 bits per heavy atom. The summed E-state index contributed by atoms with van der Waals surface area (Å²) in [5.41, 5.74) is 3.91. The molecule has 0 saturated carbocycles. The number of ketones is 1. The molecule has 33 heavy (non-hydrogen) atoms. The lowest BCUT2D eigenvalue weighted by Crippen LogP contribution is -2.29. The number of amides is 1. The first-order valence-corrected chi connectivity index (χ1v) is 11.2. The number of Topliss-reactive ketones (excluding diaryl/α,β-unsaturated/α-hetero) is 1. The topological polar surface area (TPSA) is 101 Å². The standard InChI is InChI=1S/C25H17N5O2S/c26-14-19(25(32)28-16-10-12-27-13-11-16)24(31)22-20-15-33-21-9-5-4-8-18(21)23(20)30(29-22)17-6-2-1-3-7-17/h1-13,19H,15H2,(H,27,28,32). The Morgan fingerprint density at radius 1 is 1.03 bits per heavy atom. The number of fused-ring (bicyclic) bond motifs is 3. The van der Waals surface area contributed by atoms with Crippen LogP contribution in [0.15, 0.2) is 84.0 Å². The first-order chi connectivity index (χ1) is 16.2. The zero-order valence-electron chi connectivity index (χ0n) is 17.3. The first kappa shape index (κ1) is 20.7. The van der Waals surface area contributed by atoms with E-state index in [2.05, 4.69) is 15.4 Å². The second-order valence-corrected chi connectivity index (χ2v) is 8.38. The number of benzene rings is 2. The molecule has 0 saturated heterocycles. The summed E-state index contributed by atoms with van der Waals surface area (Å²) < 4.78 is 1.73. The van der Waals surface area contributed by atoms with Crippen molar-refractivity contribution in [2.24, 2.45) is 5.92 Å². The van der Waals surface area contributed by atoms with Gasteiger partial charge >= 0.3 is 0 Å². The average molecular weight is 452 g/mol. The summed E-state index contributed by atoms with van der Waals surface area (Å²) in [6.07, 6.45) is 3.04. The third kappa shape index (κ3) is 3.79. The smallest absolute Gasteiger partial charge is 0.249 e. The Bertz CT molecular complexity index is 1390. The monoisotopic (exact) mass is 451 g/mol. The van der Waals surface area contributed by atoms with Gasteiger partial charge in [-0.1, -0.05) is 36.4 Å². The minimum absolute atomic E-state index is 0.146. The fourth-order valence-electron chi connectivity index (χ4n) is 3.78. The maximum atomic E-state index is 13.5. The van der Waals surface area contributed by atoms with Crippen LogP contribution in [0, 0.1) is 17.2 Å². The molecule has 7 nitrogen and oxygen atoms in total. The number of thioether (sulfide) groups is 1. The number of pyridine rings is 1. The van der Waals surface area contributed by atoms with Crippen molar-refractivity contribution in [1.29, 1.82) is 5.26 Å². The molecule has 0 spiro atoms. The molecule has 2 aromatic heterocycles. The molecule has 0 bridgehead atoms. The van der Waals surface area contributed by atoms with Crippen molar-refractivity contribution in [3.63, 3.8) is 0 Å². The lowest BCUT2D eigenvalue weighted by Gasteiger charge is -2.18. The van der Waals surface area contributed by atoms with Crippen molar-refractivity contribution < 1.29 is 9.59 Å². The Kier molecular flexibility index (Phi) is 5.47. The zero-order chi connectivity index (χ0) is 22.8. The van der Waals surface area contributed by atoms with Gasteiger partial charge in [-0.25, -0.2) is 4.68 Å². The van der Waals surface area contributed by atoms with Crippen LogP contribution in [-0.2, 0) is 10.5 Å². The van der Waals surface area contributed by atoms with Crippen LogP contribution in [0.4, 0.5) is 5.69 Å². The third-order valence-corrected chi connectivity index (χ3v) is 6.43. The molecule has 8 heteroatoms. The molecule has 4 aromatic rings. The molecular weight excluding hydrogens is 434 g/mol. The summed E-state index contributed by atoms with van der Waals surface area (Å²) in [6.45, 7) is 0. The lowest BCUT2D eigenvalue weighted by molar-refractivity contribution is -0.117. The number of para-hydroxylation sites is 1. The summed E-state index contributed by atoms with van der Waals surface area (Å²) in [6, 6.07) is 22.5. The molecule has 2 aromatic carbocycles. The molecule has 3 heterocycles. The number of hydrogen-bond donors (Lipinski definition) is 1. The van der Waals surface area contributed by atoms with Gasteiger partial charge < -0.3 is 5.32 Å². The van der Waals surface area contributed by atoms with Crippen LogP contribution in [0.3, 0.4) is 0 Å². The zero-order valence-corrected chi connectivity index (χ0v) is 18.1. The van der Waals surface area contributed by atoms with Gasteiger partial charge in [0.25, 0.3) is 0 Å². The highest BCUT2D eigenvalue weighted by molar-refractivity contribution is 7.98. The van der Waals surface area contributed by atoms with E-state index < -0.39 is 17.6 Å². The number of hydrogen-bond acceptors (Lipinski definition) is 6. The molecule has 1 amide bonds. The largest absolute Gasteiger partial charge is 0.324 e. The van der Waals surface area contributed by atoms with Gasteiger partial charge in [-0.3, -0.25) is 14.6 Å². The Labute approximate surface area is 194 Å². The maximum Gasteiger partial charge on any atom is 0.249 e. The number of nitrogens with one attached hydrogen (secondary N) is 1. The van der Waals surface area contributed by atoms with Gasteiger partial charge in [-0.2, -0.15) is 10.4 Å². The van der Waals surface area contributed by atoms with Crippen LogP contribution in [0.2, 0.25) is 0 Å². The van der Waals surface area contributed by atoms with Crippen molar-refractivity contribution in [3.8, 4) is 23.0 Å². The highest BCUT2D eigenvalue weighted by Crippen LogP contribution is 2.43. The van der Waals surface area contributed by atoms with Gasteiger partial charge in [0, 0.05) is 39.9 Å². The molecule has 160 valence electrons. The minimum atomic E-state index is -1.52. The number of nitrogens with zero attached hydrogens (tertiary/aromatic N) is 4. The average Bonchev–Trinajstić information content (AvgIpc) is 3.26. The summed E-state index contributed by atoms with van der Waals surface area (Å²) in [5, 5.41) is 17.0. The lowest BCUT2D eigenvalue weighted by atomic mass is 9.97. The molecule has 0 radical (unpaired) electrons. The number of anilines is 1. The van der Waals surface area contributed by atoms with E-state index in [0.717, 1.165) is 27.4 Å². The Morgan fingerprint density at radius 2 is 1.76 bits per heavy atom. The molecule has 1 aliphatic heterocycles. The Hall–Kier alpha value is -4.22. The van der Waals surface area contributed by atoms with Gasteiger partial charge in [0.2, 0.25) is 11.7 Å². The fraction of sp³-hybridized carbons (Fsp3) is 0.0800. The van der Waals surface area contributed by atoms with E-state index in [-0.39, 0.29) is 5.69 Å². The van der Waals surface area contributed by atoms with Crippen LogP contribution in [0.1, 0.15) is 16.1 Å². The van der Waals surface area contributed by atoms with Crippen LogP contribution >= 0.6 is 11.8 Å². The molecule has 0 fully saturated rings. The second kappa shape index (κ2) is 8.73. The predicted molar refractivity (Wildman–Crippen MR) is 125 cm³/mol. The fourth-order valence-corrected chi connectivity index (χ4v) is 4.85. The highest BCUT2D eigenvalue weighted by Gasteiger charge is 2.35. The quantitative estimate of drug-likeness (QED) is 0.354. The van der Waals surface area contributed by atoms with Crippen molar-refractivity contribution in [1.82, 2.24) is 14.8 Å². The van der Waals surface area contributed by atoms with Gasteiger partial charge in [0.05, 0.1) is 17.5 Å². The van der Waals surface area contributed by atoms with Crippen molar-refractivity contribution in [2.45, 2.75) is 10.6 Å². The summed E-state index contributed by atoms with van der Waals surface area (Å²) >= 11 is 1.61. The molecule has 1 atom stereocenters. The molecule has 5 rings (SSSR count). The maximum absolute atomic E-state index is 13.5. The van der Waals surface area contributed by atoms with Gasteiger partial charge in [-0.05, 0) is 30.3 Å². The van der Waals surface area contributed by atoms with Crippen LogP contribution < -0.4 is 5.32 Å². The van der Waals surface area contributed by atoms with E-state index >= 15 is 0 Å². The number of rotatable bonds is 5. The van der Waals surface area contributed by atoms with Crippen molar-refractivity contribution in [3.05, 3.63) is 90.4 Å². The summed E-state index contributed by atoms with van der Waals surface area (Å²) in [4.78, 5) is 31.2. The van der Waals surface area contributed by atoms with Crippen LogP contribution in [0.5, 0.6) is 0 Å². The minimum Gasteiger partial charge on any atom is -0.324 e. The van der Waals surface area contributed by atoms with E-state index in [1.165, 1.54) is 12.4 Å². The number of carbonyl (C=O) groups is 2. The number of carbonyl (C=O) groups excluding carboxylic acids is 2.